The second kappa shape index (κ2) is 10.4. The summed E-state index contributed by atoms with van der Waals surface area (Å²) in [5.41, 5.74) is 3.46. The SMILES string of the molecule is CNC(=O)c1ccc(C[NH+](C)CC(=O)N(C)CC(=O)Nc2ccc(C)cc2)cc1. The van der Waals surface area contributed by atoms with E-state index in [-0.39, 0.29) is 30.8 Å². The van der Waals surface area contributed by atoms with Crippen molar-refractivity contribution in [2.24, 2.45) is 0 Å². The molecule has 0 radical (unpaired) electrons. The highest BCUT2D eigenvalue weighted by atomic mass is 16.2. The van der Waals surface area contributed by atoms with Crippen molar-refractivity contribution in [2.75, 3.05) is 39.5 Å². The smallest absolute Gasteiger partial charge is 0.277 e. The number of benzene rings is 2. The van der Waals surface area contributed by atoms with E-state index in [0.717, 1.165) is 16.0 Å². The molecule has 1 unspecified atom stereocenters. The molecule has 154 valence electrons. The maximum Gasteiger partial charge on any atom is 0.277 e. The summed E-state index contributed by atoms with van der Waals surface area (Å²) >= 11 is 0. The van der Waals surface area contributed by atoms with Crippen molar-refractivity contribution in [3.05, 3.63) is 65.2 Å². The van der Waals surface area contributed by atoms with Crippen LogP contribution in [0.4, 0.5) is 5.69 Å². The highest BCUT2D eigenvalue weighted by Gasteiger charge is 2.17. The summed E-state index contributed by atoms with van der Waals surface area (Å²) in [5.74, 6) is -0.464. The van der Waals surface area contributed by atoms with E-state index in [9.17, 15) is 14.4 Å². The van der Waals surface area contributed by atoms with Gasteiger partial charge in [0.05, 0.1) is 13.6 Å². The molecule has 2 rings (SSSR count). The minimum atomic E-state index is -0.229. The Hall–Kier alpha value is -3.19. The second-order valence-electron chi connectivity index (χ2n) is 7.25. The first-order chi connectivity index (χ1) is 13.8. The van der Waals surface area contributed by atoms with E-state index in [0.29, 0.717) is 17.8 Å². The molecule has 0 bridgehead atoms. The molecule has 0 fully saturated rings. The lowest BCUT2D eigenvalue weighted by atomic mass is 10.1. The van der Waals surface area contributed by atoms with Crippen LogP contribution < -0.4 is 15.5 Å². The molecule has 0 saturated carbocycles. The number of hydrogen-bond acceptors (Lipinski definition) is 3. The molecule has 2 aromatic carbocycles. The van der Waals surface area contributed by atoms with Gasteiger partial charge in [-0.25, -0.2) is 0 Å². The first kappa shape index (κ1) is 22.1. The van der Waals surface area contributed by atoms with Crippen molar-refractivity contribution in [2.45, 2.75) is 13.5 Å². The molecule has 3 amide bonds. The summed E-state index contributed by atoms with van der Waals surface area (Å²) in [5, 5.41) is 5.38. The van der Waals surface area contributed by atoms with Crippen molar-refractivity contribution in [1.29, 1.82) is 0 Å². The van der Waals surface area contributed by atoms with Crippen LogP contribution in [0.3, 0.4) is 0 Å². The molecule has 3 N–H and O–H groups in total. The van der Waals surface area contributed by atoms with Crippen molar-refractivity contribution in [3.63, 3.8) is 0 Å². The molecule has 7 nitrogen and oxygen atoms in total. The van der Waals surface area contributed by atoms with Gasteiger partial charge < -0.3 is 20.4 Å². The Kier molecular flexibility index (Phi) is 7.91. The highest BCUT2D eigenvalue weighted by molar-refractivity contribution is 5.94. The Balaban J connectivity index is 1.81. The van der Waals surface area contributed by atoms with Gasteiger partial charge in [-0.15, -0.1) is 0 Å². The molecular weight excluding hydrogens is 368 g/mol. The van der Waals surface area contributed by atoms with Gasteiger partial charge in [-0.2, -0.15) is 0 Å². The van der Waals surface area contributed by atoms with Crippen LogP contribution in [0.1, 0.15) is 21.5 Å². The summed E-state index contributed by atoms with van der Waals surface area (Å²) in [4.78, 5) is 38.6. The van der Waals surface area contributed by atoms with Crippen LogP contribution in [0.5, 0.6) is 0 Å². The average molecular weight is 397 g/mol. The lowest BCUT2D eigenvalue weighted by Crippen LogP contribution is -3.08. The van der Waals surface area contributed by atoms with Crippen molar-refractivity contribution >= 4 is 23.4 Å². The van der Waals surface area contributed by atoms with E-state index in [2.05, 4.69) is 10.6 Å². The van der Waals surface area contributed by atoms with Crippen LogP contribution in [-0.2, 0) is 16.1 Å². The van der Waals surface area contributed by atoms with Crippen LogP contribution in [0.25, 0.3) is 0 Å². The third kappa shape index (κ3) is 7.04. The van der Waals surface area contributed by atoms with E-state index in [4.69, 9.17) is 0 Å². The van der Waals surface area contributed by atoms with Crippen LogP contribution in [0.2, 0.25) is 0 Å². The Bertz CT molecular complexity index is 847. The van der Waals surface area contributed by atoms with E-state index in [1.807, 2.05) is 50.4 Å². The largest absolute Gasteiger partial charge is 0.355 e. The van der Waals surface area contributed by atoms with E-state index in [1.165, 1.54) is 4.90 Å². The van der Waals surface area contributed by atoms with Crippen LogP contribution in [0, 0.1) is 6.92 Å². The molecule has 29 heavy (non-hydrogen) atoms. The zero-order valence-corrected chi connectivity index (χ0v) is 17.4. The number of nitrogens with zero attached hydrogens (tertiary/aromatic N) is 1. The fraction of sp³-hybridized carbons (Fsp3) is 0.318. The van der Waals surface area contributed by atoms with Gasteiger partial charge in [0.2, 0.25) is 5.91 Å². The molecule has 7 heteroatoms. The van der Waals surface area contributed by atoms with E-state index < -0.39 is 0 Å². The van der Waals surface area contributed by atoms with Crippen molar-refractivity contribution < 1.29 is 19.3 Å². The van der Waals surface area contributed by atoms with Gasteiger partial charge in [0.1, 0.15) is 6.54 Å². The van der Waals surface area contributed by atoms with Gasteiger partial charge in [-0.1, -0.05) is 29.8 Å². The lowest BCUT2D eigenvalue weighted by Gasteiger charge is -2.20. The number of nitrogens with one attached hydrogen (secondary N) is 3. The van der Waals surface area contributed by atoms with Gasteiger partial charge in [0.15, 0.2) is 6.54 Å². The van der Waals surface area contributed by atoms with E-state index >= 15 is 0 Å². The predicted molar refractivity (Wildman–Crippen MR) is 113 cm³/mol. The quantitative estimate of drug-likeness (QED) is 0.606. The molecule has 2 aromatic rings. The number of carbonyl (C=O) groups is 3. The van der Waals surface area contributed by atoms with Crippen LogP contribution in [-0.4, -0.2) is 56.9 Å². The first-order valence-corrected chi connectivity index (χ1v) is 9.51. The van der Waals surface area contributed by atoms with Gasteiger partial charge in [-0.3, -0.25) is 14.4 Å². The van der Waals surface area contributed by atoms with Crippen molar-refractivity contribution in [3.8, 4) is 0 Å². The van der Waals surface area contributed by atoms with Gasteiger partial charge in [0.25, 0.3) is 11.8 Å². The Morgan fingerprint density at radius 3 is 2.21 bits per heavy atom. The molecule has 0 saturated heterocycles. The van der Waals surface area contributed by atoms with Gasteiger partial charge in [-0.05, 0) is 31.2 Å². The third-order valence-corrected chi connectivity index (χ3v) is 4.54. The minimum absolute atomic E-state index is 0.000810. The number of carbonyl (C=O) groups excluding carboxylic acids is 3. The van der Waals surface area contributed by atoms with Gasteiger partial charge >= 0.3 is 0 Å². The topological polar surface area (TPSA) is 83.0 Å². The maximum absolute atomic E-state index is 12.4. The standard InChI is InChI=1S/C22H28N4O3/c1-16-5-11-19(12-6-16)24-20(27)14-26(4)21(28)15-25(3)13-17-7-9-18(10-8-17)22(29)23-2/h5-12H,13-15H2,1-4H3,(H,23,29)(H,24,27)/p+1. The summed E-state index contributed by atoms with van der Waals surface area (Å²) in [7, 11) is 5.14. The number of rotatable bonds is 8. The summed E-state index contributed by atoms with van der Waals surface area (Å²) in [6.07, 6.45) is 0. The molecule has 0 spiro atoms. The maximum atomic E-state index is 12.4. The zero-order chi connectivity index (χ0) is 21.4. The number of amides is 3. The first-order valence-electron chi connectivity index (χ1n) is 9.51. The summed E-state index contributed by atoms with van der Waals surface area (Å²) < 4.78 is 0. The minimum Gasteiger partial charge on any atom is -0.355 e. The monoisotopic (exact) mass is 397 g/mol. The normalized spacial score (nSPS) is 11.4. The molecular formula is C22H29N4O3+. The van der Waals surface area contributed by atoms with Crippen molar-refractivity contribution in [1.82, 2.24) is 10.2 Å². The number of anilines is 1. The zero-order valence-electron chi connectivity index (χ0n) is 17.4. The molecule has 0 aliphatic heterocycles. The molecule has 0 aromatic heterocycles. The third-order valence-electron chi connectivity index (χ3n) is 4.54. The number of quaternary nitrogens is 1. The van der Waals surface area contributed by atoms with Gasteiger partial charge in [0, 0.05) is 30.9 Å². The second-order valence-corrected chi connectivity index (χ2v) is 7.25. The molecule has 0 heterocycles. The molecule has 0 aliphatic rings. The number of aryl methyl sites for hydroxylation is 1. The molecule has 1 atom stereocenters. The Labute approximate surface area is 171 Å². The Morgan fingerprint density at radius 1 is 1.00 bits per heavy atom. The highest BCUT2D eigenvalue weighted by Crippen LogP contribution is 2.08. The molecule has 0 aliphatic carbocycles. The lowest BCUT2D eigenvalue weighted by molar-refractivity contribution is -0.885. The number of likely N-dealkylation sites (N-methyl/N-ethyl adjacent to an activating group) is 2. The fourth-order valence-corrected chi connectivity index (χ4v) is 2.86. The average Bonchev–Trinajstić information content (AvgIpc) is 2.69. The predicted octanol–water partition coefficient (Wildman–Crippen LogP) is 0.466. The van der Waals surface area contributed by atoms with Crippen LogP contribution in [0.15, 0.2) is 48.5 Å². The van der Waals surface area contributed by atoms with Crippen LogP contribution >= 0.6 is 0 Å². The Morgan fingerprint density at radius 2 is 1.62 bits per heavy atom. The number of hydrogen-bond donors (Lipinski definition) is 3. The van der Waals surface area contributed by atoms with E-state index in [1.54, 1.807) is 26.2 Å². The summed E-state index contributed by atoms with van der Waals surface area (Å²) in [6, 6.07) is 14.8. The fourth-order valence-electron chi connectivity index (χ4n) is 2.86. The summed E-state index contributed by atoms with van der Waals surface area (Å²) in [6.45, 7) is 2.89.